The van der Waals surface area contributed by atoms with Crippen molar-refractivity contribution in [2.45, 2.75) is 0 Å². The third-order valence-corrected chi connectivity index (χ3v) is 1.52. The summed E-state index contributed by atoms with van der Waals surface area (Å²) in [7, 11) is 0. The molecule has 0 atom stereocenters. The zero-order valence-corrected chi connectivity index (χ0v) is 13.7. The molecule has 0 heterocycles. The molecule has 0 aliphatic rings. The van der Waals surface area contributed by atoms with Crippen LogP contribution in [0.15, 0.2) is 36.0 Å². The third kappa shape index (κ3) is 5.70. The van der Waals surface area contributed by atoms with E-state index in [0.29, 0.717) is 5.56 Å². The van der Waals surface area contributed by atoms with E-state index in [1.165, 1.54) is 0 Å². The van der Waals surface area contributed by atoms with E-state index < -0.39 is 16.6 Å². The molecular weight excluding hydrogens is 292 g/mol. The first kappa shape index (κ1) is 18.1. The maximum Gasteiger partial charge on any atom is 0.407 e. The van der Waals surface area contributed by atoms with Crippen LogP contribution >= 0.6 is 0 Å². The summed E-state index contributed by atoms with van der Waals surface area (Å²) in [6, 6.07) is 8.26. The Morgan fingerprint density at radius 2 is 1.81 bits per heavy atom. The molecular formula is C9H7CaNO4Zn. The number of carboxylic acids is 1. The molecule has 0 bridgehead atoms. The molecule has 0 aromatic heterocycles. The normalized spacial score (nSPS) is 9.62. The smallest absolute Gasteiger partial charge is 0.407 e. The number of nitro groups is 1. The van der Waals surface area contributed by atoms with Gasteiger partial charge in [0.1, 0.15) is 0 Å². The quantitative estimate of drug-likeness (QED) is 0.391. The van der Waals surface area contributed by atoms with Gasteiger partial charge in [-0.3, -0.25) is 10.1 Å². The molecule has 2 radical (unpaired) electrons. The predicted octanol–water partition coefficient (Wildman–Crippen LogP) is 1.01. The topological polar surface area (TPSA) is 80.4 Å². The van der Waals surface area contributed by atoms with Crippen LogP contribution in [0.3, 0.4) is 0 Å². The second kappa shape index (κ2) is 8.82. The van der Waals surface area contributed by atoms with E-state index in [0.717, 1.165) is 6.08 Å². The summed E-state index contributed by atoms with van der Waals surface area (Å²) in [5.74, 6) is -1.54. The maximum atomic E-state index is 10.4. The monoisotopic (exact) mass is 297 g/mol. The predicted molar refractivity (Wildman–Crippen MR) is 54.8 cm³/mol. The number of hydrogen-bond acceptors (Lipinski definition) is 3. The van der Waals surface area contributed by atoms with Crippen molar-refractivity contribution in [3.8, 4) is 0 Å². The van der Waals surface area contributed by atoms with E-state index in [2.05, 4.69) is 0 Å². The van der Waals surface area contributed by atoms with Gasteiger partial charge in [0, 0.05) is 63.3 Å². The Bertz CT molecular complexity index is 378. The van der Waals surface area contributed by atoms with Crippen LogP contribution in [0.4, 0.5) is 0 Å². The first-order valence-electron chi connectivity index (χ1n) is 3.75. The van der Waals surface area contributed by atoms with Crippen molar-refractivity contribution in [1.29, 1.82) is 0 Å². The van der Waals surface area contributed by atoms with Crippen LogP contribution < -0.4 is 0 Å². The van der Waals surface area contributed by atoms with Gasteiger partial charge in [-0.15, -0.1) is 0 Å². The number of benzene rings is 1. The van der Waals surface area contributed by atoms with Crippen molar-refractivity contribution >= 4 is 49.8 Å². The Hall–Kier alpha value is -0.287. The molecule has 0 amide bonds. The van der Waals surface area contributed by atoms with Gasteiger partial charge in [-0.05, 0) is 5.56 Å². The molecule has 0 saturated heterocycles. The SMILES string of the molecule is O=C(O)C(=Cc1ccccc1)[N+](=O)[O-].[Ca].[Zn]. The van der Waals surface area contributed by atoms with Crippen LogP contribution in [0.25, 0.3) is 6.08 Å². The fourth-order valence-corrected chi connectivity index (χ4v) is 0.900. The first-order chi connectivity index (χ1) is 6.61. The summed E-state index contributed by atoms with van der Waals surface area (Å²) in [6.45, 7) is 0. The zero-order chi connectivity index (χ0) is 10.6. The molecule has 0 unspecified atom stereocenters. The Labute approximate surface area is 134 Å². The molecule has 0 saturated carbocycles. The van der Waals surface area contributed by atoms with Crippen molar-refractivity contribution in [2.24, 2.45) is 0 Å². The summed E-state index contributed by atoms with van der Waals surface area (Å²) in [6.07, 6.45) is 1.02. The van der Waals surface area contributed by atoms with E-state index in [4.69, 9.17) is 5.11 Å². The van der Waals surface area contributed by atoms with Crippen molar-refractivity contribution in [2.75, 3.05) is 0 Å². The summed E-state index contributed by atoms with van der Waals surface area (Å²) in [4.78, 5) is 19.8. The summed E-state index contributed by atoms with van der Waals surface area (Å²) in [5.41, 5.74) is -0.349. The van der Waals surface area contributed by atoms with Gasteiger partial charge in [0.15, 0.2) is 0 Å². The number of carboxylic acid groups (broad SMARTS) is 1. The van der Waals surface area contributed by atoms with Gasteiger partial charge >= 0.3 is 11.7 Å². The molecule has 16 heavy (non-hydrogen) atoms. The van der Waals surface area contributed by atoms with E-state index in [1.807, 2.05) is 0 Å². The average Bonchev–Trinajstić information content (AvgIpc) is 2.15. The standard InChI is InChI=1S/C9H7NO4.Ca.Zn/c11-9(12)8(10(13)14)6-7-4-2-1-3-5-7;;/h1-6H,(H,11,12);;. The van der Waals surface area contributed by atoms with Crippen LogP contribution in [-0.4, -0.2) is 53.7 Å². The van der Waals surface area contributed by atoms with Crippen LogP contribution in [-0.2, 0) is 24.3 Å². The van der Waals surface area contributed by atoms with Gasteiger partial charge in [0.2, 0.25) is 0 Å². The van der Waals surface area contributed by atoms with Crippen LogP contribution in [0.1, 0.15) is 5.56 Å². The van der Waals surface area contributed by atoms with E-state index in [-0.39, 0.29) is 57.2 Å². The molecule has 1 rings (SSSR count). The number of aliphatic carboxylic acids is 1. The van der Waals surface area contributed by atoms with E-state index in [1.54, 1.807) is 30.3 Å². The van der Waals surface area contributed by atoms with Crippen molar-refractivity contribution < 1.29 is 34.3 Å². The zero-order valence-electron chi connectivity index (χ0n) is 8.50. The molecule has 1 N–H and O–H groups in total. The number of carbonyl (C=O) groups is 1. The average molecular weight is 299 g/mol. The molecule has 1 aromatic carbocycles. The van der Waals surface area contributed by atoms with Crippen LogP contribution in [0.2, 0.25) is 0 Å². The molecule has 0 spiro atoms. The van der Waals surface area contributed by atoms with Gasteiger partial charge in [0.25, 0.3) is 0 Å². The fourth-order valence-electron chi connectivity index (χ4n) is 0.900. The van der Waals surface area contributed by atoms with Crippen LogP contribution in [0, 0.1) is 10.1 Å². The Morgan fingerprint density at radius 1 is 1.31 bits per heavy atom. The molecule has 0 fully saturated rings. The molecule has 0 aliphatic heterocycles. The minimum Gasteiger partial charge on any atom is -0.473 e. The van der Waals surface area contributed by atoms with Gasteiger partial charge in [-0.2, -0.15) is 0 Å². The minimum absolute atomic E-state index is 0. The molecule has 76 valence electrons. The fraction of sp³-hybridized carbons (Fsp3) is 0. The number of hydrogen-bond donors (Lipinski definition) is 1. The van der Waals surface area contributed by atoms with Crippen LogP contribution in [0.5, 0.6) is 0 Å². The largest absolute Gasteiger partial charge is 0.473 e. The van der Waals surface area contributed by atoms with Crippen molar-refractivity contribution in [3.63, 3.8) is 0 Å². The first-order valence-corrected chi connectivity index (χ1v) is 3.75. The van der Waals surface area contributed by atoms with Crippen molar-refractivity contribution in [3.05, 3.63) is 51.7 Å². The van der Waals surface area contributed by atoms with E-state index >= 15 is 0 Å². The van der Waals surface area contributed by atoms with Gasteiger partial charge in [0.05, 0.1) is 4.92 Å². The summed E-state index contributed by atoms with van der Waals surface area (Å²) >= 11 is 0. The number of nitrogens with zero attached hydrogens (tertiary/aromatic N) is 1. The minimum atomic E-state index is -1.54. The van der Waals surface area contributed by atoms with Gasteiger partial charge in [-0.25, -0.2) is 4.79 Å². The van der Waals surface area contributed by atoms with Gasteiger partial charge < -0.3 is 5.11 Å². The summed E-state index contributed by atoms with van der Waals surface area (Å²) in [5, 5.41) is 18.8. The Kier molecular flexibility index (Phi) is 9.97. The Morgan fingerprint density at radius 3 is 2.19 bits per heavy atom. The van der Waals surface area contributed by atoms with E-state index in [9.17, 15) is 14.9 Å². The Balaban J connectivity index is 0. The molecule has 7 heteroatoms. The molecule has 0 aliphatic carbocycles. The molecule has 1 aromatic rings. The second-order valence-corrected chi connectivity index (χ2v) is 2.50. The van der Waals surface area contributed by atoms with Gasteiger partial charge in [-0.1, -0.05) is 30.3 Å². The maximum absolute atomic E-state index is 10.4. The summed E-state index contributed by atoms with van der Waals surface area (Å²) < 4.78 is 0. The molecule has 5 nitrogen and oxygen atoms in total. The second-order valence-electron chi connectivity index (χ2n) is 2.50. The third-order valence-electron chi connectivity index (χ3n) is 1.52. The van der Waals surface area contributed by atoms with Crippen molar-refractivity contribution in [1.82, 2.24) is 0 Å². The number of rotatable bonds is 3.